The minimum absolute atomic E-state index is 0.101. The Kier molecular flexibility index (Phi) is 5.59. The summed E-state index contributed by atoms with van der Waals surface area (Å²) in [4.78, 5) is 21.3. The summed E-state index contributed by atoms with van der Waals surface area (Å²) in [7, 11) is 0. The molecule has 0 saturated carbocycles. The predicted octanol–water partition coefficient (Wildman–Crippen LogP) is 0.934. The van der Waals surface area contributed by atoms with E-state index in [1.54, 1.807) is 0 Å². The molecular formula is C9H15NO3. The molecule has 0 rings (SSSR count). The zero-order valence-electron chi connectivity index (χ0n) is 7.80. The normalized spacial score (nSPS) is 9.31. The number of rotatable bonds is 6. The molecule has 0 aromatic rings. The van der Waals surface area contributed by atoms with E-state index in [4.69, 9.17) is 5.11 Å². The van der Waals surface area contributed by atoms with Gasteiger partial charge in [0.1, 0.15) is 0 Å². The molecule has 74 valence electrons. The molecular weight excluding hydrogens is 170 g/mol. The third-order valence-corrected chi connectivity index (χ3v) is 1.50. The number of carbonyl (C=O) groups is 2. The lowest BCUT2D eigenvalue weighted by Crippen LogP contribution is -2.26. The van der Waals surface area contributed by atoms with Gasteiger partial charge in [0, 0.05) is 12.1 Å². The van der Waals surface area contributed by atoms with Crippen LogP contribution in [0.4, 0.5) is 0 Å². The highest BCUT2D eigenvalue weighted by Gasteiger charge is 2.09. The second-order valence-corrected chi connectivity index (χ2v) is 2.78. The first-order chi connectivity index (χ1) is 6.07. The van der Waals surface area contributed by atoms with E-state index >= 15 is 0 Å². The molecule has 0 aromatic carbocycles. The first-order valence-corrected chi connectivity index (χ1v) is 4.25. The van der Waals surface area contributed by atoms with E-state index in [1.807, 2.05) is 6.92 Å². The number of hydrogen-bond acceptors (Lipinski definition) is 2. The highest BCUT2D eigenvalue weighted by molar-refractivity contribution is 5.96. The van der Waals surface area contributed by atoms with Crippen LogP contribution in [0.1, 0.15) is 26.2 Å². The molecule has 2 N–H and O–H groups in total. The lowest BCUT2D eigenvalue weighted by atomic mass is 10.2. The van der Waals surface area contributed by atoms with Crippen LogP contribution in [0.5, 0.6) is 0 Å². The van der Waals surface area contributed by atoms with Crippen molar-refractivity contribution in [3.05, 3.63) is 12.2 Å². The van der Waals surface area contributed by atoms with E-state index in [-0.39, 0.29) is 17.9 Å². The van der Waals surface area contributed by atoms with Crippen LogP contribution in [0.3, 0.4) is 0 Å². The van der Waals surface area contributed by atoms with Crippen molar-refractivity contribution in [2.24, 2.45) is 0 Å². The number of carbonyl (C=O) groups excluding carboxylic acids is 1. The van der Waals surface area contributed by atoms with Crippen molar-refractivity contribution in [2.45, 2.75) is 26.2 Å². The molecule has 4 heteroatoms. The second kappa shape index (κ2) is 6.22. The van der Waals surface area contributed by atoms with Crippen molar-refractivity contribution in [2.75, 3.05) is 6.54 Å². The van der Waals surface area contributed by atoms with E-state index in [0.717, 1.165) is 12.8 Å². The molecule has 0 spiro atoms. The molecule has 0 aliphatic carbocycles. The van der Waals surface area contributed by atoms with Crippen molar-refractivity contribution in [1.82, 2.24) is 5.32 Å². The van der Waals surface area contributed by atoms with Gasteiger partial charge in [-0.15, -0.1) is 0 Å². The quantitative estimate of drug-likeness (QED) is 0.478. The third-order valence-electron chi connectivity index (χ3n) is 1.50. The highest BCUT2D eigenvalue weighted by Crippen LogP contribution is 1.97. The van der Waals surface area contributed by atoms with Crippen molar-refractivity contribution >= 4 is 11.9 Å². The number of aliphatic carboxylic acids is 1. The van der Waals surface area contributed by atoms with Gasteiger partial charge in [-0.05, 0) is 6.42 Å². The predicted molar refractivity (Wildman–Crippen MR) is 49.3 cm³/mol. The molecule has 0 fully saturated rings. The molecule has 13 heavy (non-hydrogen) atoms. The first kappa shape index (κ1) is 11.7. The summed E-state index contributed by atoms with van der Waals surface area (Å²) >= 11 is 0. The lowest BCUT2D eigenvalue weighted by Gasteiger charge is -2.04. The monoisotopic (exact) mass is 185 g/mol. The van der Waals surface area contributed by atoms with Gasteiger partial charge in [-0.3, -0.25) is 9.59 Å². The van der Waals surface area contributed by atoms with Crippen molar-refractivity contribution in [3.8, 4) is 0 Å². The summed E-state index contributed by atoms with van der Waals surface area (Å²) < 4.78 is 0. The van der Waals surface area contributed by atoms with Gasteiger partial charge < -0.3 is 10.4 Å². The standard InChI is InChI=1S/C9H15NO3/c1-3-4-5-10-9(13)7(2)6-8(11)12/h2-6H2,1H3,(H,10,13)(H,11,12). The first-order valence-electron chi connectivity index (χ1n) is 4.25. The van der Waals surface area contributed by atoms with Crippen LogP contribution >= 0.6 is 0 Å². The number of unbranched alkanes of at least 4 members (excludes halogenated alkanes) is 1. The molecule has 1 amide bonds. The molecule has 0 aromatic heterocycles. The highest BCUT2D eigenvalue weighted by atomic mass is 16.4. The smallest absolute Gasteiger partial charge is 0.308 e. The van der Waals surface area contributed by atoms with Gasteiger partial charge in [-0.25, -0.2) is 0 Å². The topological polar surface area (TPSA) is 66.4 Å². The van der Waals surface area contributed by atoms with Crippen LogP contribution in [-0.2, 0) is 9.59 Å². The van der Waals surface area contributed by atoms with Crippen molar-refractivity contribution in [3.63, 3.8) is 0 Å². The Morgan fingerprint density at radius 3 is 2.54 bits per heavy atom. The Balaban J connectivity index is 3.70. The number of hydrogen-bond donors (Lipinski definition) is 2. The second-order valence-electron chi connectivity index (χ2n) is 2.78. The van der Waals surface area contributed by atoms with Gasteiger partial charge in [-0.2, -0.15) is 0 Å². The van der Waals surface area contributed by atoms with E-state index in [9.17, 15) is 9.59 Å². The zero-order chi connectivity index (χ0) is 10.3. The van der Waals surface area contributed by atoms with Crippen LogP contribution in [0.25, 0.3) is 0 Å². The fourth-order valence-electron chi connectivity index (χ4n) is 0.767. The maximum absolute atomic E-state index is 11.1. The summed E-state index contributed by atoms with van der Waals surface area (Å²) in [6, 6.07) is 0. The molecule has 0 bridgehead atoms. The zero-order valence-corrected chi connectivity index (χ0v) is 7.80. The summed E-state index contributed by atoms with van der Waals surface area (Å²) in [5, 5.41) is 11.0. The maximum Gasteiger partial charge on any atom is 0.308 e. The Labute approximate surface area is 77.6 Å². The van der Waals surface area contributed by atoms with Gasteiger partial charge in [0.05, 0.1) is 6.42 Å². The summed E-state index contributed by atoms with van der Waals surface area (Å²) in [5.74, 6) is -1.40. The van der Waals surface area contributed by atoms with Gasteiger partial charge in [0.2, 0.25) is 5.91 Å². The SMILES string of the molecule is C=C(CC(=O)O)C(=O)NCCCC. The molecule has 0 radical (unpaired) electrons. The lowest BCUT2D eigenvalue weighted by molar-refractivity contribution is -0.137. The summed E-state index contributed by atoms with van der Waals surface area (Å²) in [5.41, 5.74) is 0.101. The molecule has 4 nitrogen and oxygen atoms in total. The molecule has 0 aliphatic rings. The van der Waals surface area contributed by atoms with Gasteiger partial charge in [0.25, 0.3) is 0 Å². The van der Waals surface area contributed by atoms with Gasteiger partial charge >= 0.3 is 5.97 Å². The van der Waals surface area contributed by atoms with Crippen LogP contribution in [0.2, 0.25) is 0 Å². The number of nitrogens with one attached hydrogen (secondary N) is 1. The fraction of sp³-hybridized carbons (Fsp3) is 0.556. The molecule has 0 atom stereocenters. The Hall–Kier alpha value is -1.32. The molecule has 0 heterocycles. The van der Waals surface area contributed by atoms with E-state index in [0.29, 0.717) is 6.54 Å². The Bertz CT molecular complexity index is 211. The molecule has 0 saturated heterocycles. The Morgan fingerprint density at radius 1 is 1.46 bits per heavy atom. The summed E-state index contributed by atoms with van der Waals surface area (Å²) in [6.45, 7) is 5.97. The number of carboxylic acids is 1. The Morgan fingerprint density at radius 2 is 2.08 bits per heavy atom. The fourth-order valence-corrected chi connectivity index (χ4v) is 0.767. The average Bonchev–Trinajstić information content (AvgIpc) is 2.03. The van der Waals surface area contributed by atoms with Crippen molar-refractivity contribution in [1.29, 1.82) is 0 Å². The van der Waals surface area contributed by atoms with Gasteiger partial charge in [0.15, 0.2) is 0 Å². The average molecular weight is 185 g/mol. The summed E-state index contributed by atoms with van der Waals surface area (Å²) in [6.07, 6.45) is 1.59. The number of carboxylic acid groups (broad SMARTS) is 1. The minimum atomic E-state index is -1.03. The van der Waals surface area contributed by atoms with Gasteiger partial charge in [-0.1, -0.05) is 19.9 Å². The molecule has 0 aliphatic heterocycles. The van der Waals surface area contributed by atoms with Crippen LogP contribution < -0.4 is 5.32 Å². The van der Waals surface area contributed by atoms with Crippen LogP contribution in [-0.4, -0.2) is 23.5 Å². The minimum Gasteiger partial charge on any atom is -0.481 e. The van der Waals surface area contributed by atoms with Crippen LogP contribution in [0.15, 0.2) is 12.2 Å². The molecule has 0 unspecified atom stereocenters. The third kappa shape index (κ3) is 5.90. The van der Waals surface area contributed by atoms with E-state index in [1.165, 1.54) is 0 Å². The van der Waals surface area contributed by atoms with Crippen molar-refractivity contribution < 1.29 is 14.7 Å². The number of amides is 1. The largest absolute Gasteiger partial charge is 0.481 e. The van der Waals surface area contributed by atoms with E-state index in [2.05, 4.69) is 11.9 Å². The van der Waals surface area contributed by atoms with E-state index < -0.39 is 5.97 Å². The maximum atomic E-state index is 11.1. The van der Waals surface area contributed by atoms with Crippen LogP contribution in [0, 0.1) is 0 Å².